The molecule has 0 fully saturated rings. The highest BCUT2D eigenvalue weighted by Gasteiger charge is 2.11. The van der Waals surface area contributed by atoms with Crippen molar-refractivity contribution >= 4 is 12.0 Å². The van der Waals surface area contributed by atoms with Gasteiger partial charge in [-0.15, -0.1) is 0 Å². The summed E-state index contributed by atoms with van der Waals surface area (Å²) in [5.74, 6) is 0.544. The van der Waals surface area contributed by atoms with Gasteiger partial charge < -0.3 is 14.2 Å². The summed E-state index contributed by atoms with van der Waals surface area (Å²) in [6.45, 7) is 2.31. The quantitative estimate of drug-likeness (QED) is 0.334. The fraction of sp³-hybridized carbons (Fsp3) is 0.375. The second kappa shape index (κ2) is 8.64. The topological polar surface area (TPSA) is 68.6 Å². The Morgan fingerprint density at radius 1 is 1.24 bits per heavy atom. The number of ether oxygens (including phenoxy) is 3. The van der Waals surface area contributed by atoms with Crippen molar-refractivity contribution < 1.29 is 19.0 Å². The van der Waals surface area contributed by atoms with Gasteiger partial charge in [0.2, 0.25) is 0 Å². The van der Waals surface area contributed by atoms with Gasteiger partial charge in [-0.25, -0.2) is 4.79 Å². The SMILES string of the molecule is CCCCOC(=O)/C(C#N)=C/c1cc(OC)cc(OC)c1. The van der Waals surface area contributed by atoms with Crippen LogP contribution in [0.5, 0.6) is 11.5 Å². The number of rotatable bonds is 7. The van der Waals surface area contributed by atoms with Crippen LogP contribution in [0.3, 0.4) is 0 Å². The molecule has 0 aliphatic rings. The predicted molar refractivity (Wildman–Crippen MR) is 79.0 cm³/mol. The maximum Gasteiger partial charge on any atom is 0.348 e. The number of nitrogens with zero attached hydrogens (tertiary/aromatic N) is 1. The number of benzene rings is 1. The van der Waals surface area contributed by atoms with Crippen molar-refractivity contribution in [2.24, 2.45) is 0 Å². The summed E-state index contributed by atoms with van der Waals surface area (Å²) >= 11 is 0. The number of carbonyl (C=O) groups is 1. The molecule has 0 radical (unpaired) electrons. The van der Waals surface area contributed by atoms with Crippen LogP contribution < -0.4 is 9.47 Å². The fourth-order valence-electron chi connectivity index (χ4n) is 1.60. The highest BCUT2D eigenvalue weighted by molar-refractivity contribution is 5.98. The molecular weight excluding hydrogens is 270 g/mol. The number of esters is 1. The van der Waals surface area contributed by atoms with Crippen LogP contribution >= 0.6 is 0 Å². The summed E-state index contributed by atoms with van der Waals surface area (Å²) in [5, 5.41) is 9.09. The largest absolute Gasteiger partial charge is 0.497 e. The second-order valence-corrected chi connectivity index (χ2v) is 4.31. The third-order valence-electron chi connectivity index (χ3n) is 2.76. The minimum Gasteiger partial charge on any atom is -0.497 e. The first kappa shape index (κ1) is 16.6. The van der Waals surface area contributed by atoms with Crippen molar-refractivity contribution in [2.45, 2.75) is 19.8 Å². The third kappa shape index (κ3) is 5.19. The lowest BCUT2D eigenvalue weighted by atomic mass is 10.1. The van der Waals surface area contributed by atoms with Gasteiger partial charge in [0.25, 0.3) is 0 Å². The molecule has 0 heterocycles. The Balaban J connectivity index is 2.97. The third-order valence-corrected chi connectivity index (χ3v) is 2.76. The molecule has 0 unspecified atom stereocenters. The molecule has 0 bridgehead atoms. The normalized spacial score (nSPS) is 10.7. The number of nitriles is 1. The van der Waals surface area contributed by atoms with Crippen molar-refractivity contribution in [1.82, 2.24) is 0 Å². The van der Waals surface area contributed by atoms with E-state index in [1.165, 1.54) is 20.3 Å². The molecule has 0 saturated heterocycles. The first-order valence-electron chi connectivity index (χ1n) is 6.66. The molecule has 0 N–H and O–H groups in total. The molecular formula is C16H19NO4. The van der Waals surface area contributed by atoms with E-state index in [-0.39, 0.29) is 5.57 Å². The second-order valence-electron chi connectivity index (χ2n) is 4.31. The van der Waals surface area contributed by atoms with Gasteiger partial charge in [-0.05, 0) is 30.2 Å². The van der Waals surface area contributed by atoms with Gasteiger partial charge in [0.05, 0.1) is 20.8 Å². The Hall–Kier alpha value is -2.48. The number of hydrogen-bond donors (Lipinski definition) is 0. The lowest BCUT2D eigenvalue weighted by Crippen LogP contribution is -2.07. The summed E-state index contributed by atoms with van der Waals surface area (Å²) in [4.78, 5) is 11.8. The fourth-order valence-corrected chi connectivity index (χ4v) is 1.60. The number of unbranched alkanes of at least 4 members (excludes halogenated alkanes) is 1. The van der Waals surface area contributed by atoms with E-state index in [1.54, 1.807) is 18.2 Å². The average molecular weight is 289 g/mol. The molecule has 0 aromatic heterocycles. The zero-order chi connectivity index (χ0) is 15.7. The molecule has 21 heavy (non-hydrogen) atoms. The van der Waals surface area contributed by atoms with E-state index in [0.717, 1.165) is 12.8 Å². The maximum absolute atomic E-state index is 11.8. The van der Waals surface area contributed by atoms with Gasteiger partial charge in [-0.2, -0.15) is 5.26 Å². The highest BCUT2D eigenvalue weighted by atomic mass is 16.5. The summed E-state index contributed by atoms with van der Waals surface area (Å²) in [7, 11) is 3.07. The van der Waals surface area contributed by atoms with Crippen LogP contribution in [0.15, 0.2) is 23.8 Å². The highest BCUT2D eigenvalue weighted by Crippen LogP contribution is 2.24. The molecule has 112 valence electrons. The van der Waals surface area contributed by atoms with Crippen LogP contribution in [0.1, 0.15) is 25.3 Å². The van der Waals surface area contributed by atoms with Gasteiger partial charge in [-0.1, -0.05) is 13.3 Å². The van der Waals surface area contributed by atoms with Gasteiger partial charge in [0, 0.05) is 6.07 Å². The molecule has 1 rings (SSSR count). The Kier molecular flexibility index (Phi) is 6.82. The Morgan fingerprint density at radius 2 is 1.86 bits per heavy atom. The summed E-state index contributed by atoms with van der Waals surface area (Å²) in [6, 6.07) is 6.98. The molecule has 1 aromatic carbocycles. The zero-order valence-corrected chi connectivity index (χ0v) is 12.5. The van der Waals surface area contributed by atoms with Gasteiger partial charge in [0.15, 0.2) is 0 Å². The van der Waals surface area contributed by atoms with Gasteiger partial charge >= 0.3 is 5.97 Å². The minimum absolute atomic E-state index is 0.0543. The predicted octanol–water partition coefficient (Wildman–Crippen LogP) is 2.95. The molecule has 0 aliphatic heterocycles. The lowest BCUT2D eigenvalue weighted by molar-refractivity contribution is -0.138. The summed E-state index contributed by atoms with van der Waals surface area (Å²) in [6.07, 6.45) is 3.16. The van der Waals surface area contributed by atoms with Crippen LogP contribution in [-0.4, -0.2) is 26.8 Å². The van der Waals surface area contributed by atoms with Crippen LogP contribution in [0.25, 0.3) is 6.08 Å². The van der Waals surface area contributed by atoms with Crippen LogP contribution in [0.4, 0.5) is 0 Å². The van der Waals surface area contributed by atoms with Crippen molar-refractivity contribution in [3.8, 4) is 17.6 Å². The van der Waals surface area contributed by atoms with Crippen LogP contribution in [0.2, 0.25) is 0 Å². The number of methoxy groups -OCH3 is 2. The smallest absolute Gasteiger partial charge is 0.348 e. The van der Waals surface area contributed by atoms with Crippen molar-refractivity contribution in [2.75, 3.05) is 20.8 Å². The first-order valence-corrected chi connectivity index (χ1v) is 6.66. The Morgan fingerprint density at radius 3 is 2.33 bits per heavy atom. The molecule has 0 saturated carbocycles. The molecule has 0 atom stereocenters. The van der Waals surface area contributed by atoms with Gasteiger partial charge in [-0.3, -0.25) is 0 Å². The van der Waals surface area contributed by atoms with E-state index >= 15 is 0 Å². The molecule has 0 amide bonds. The van der Waals surface area contributed by atoms with E-state index in [4.69, 9.17) is 19.5 Å². The Bertz CT molecular complexity index is 536. The van der Waals surface area contributed by atoms with E-state index in [0.29, 0.717) is 23.7 Å². The van der Waals surface area contributed by atoms with Crippen molar-refractivity contribution in [3.05, 3.63) is 29.3 Å². The Labute approximate surface area is 124 Å². The molecule has 5 nitrogen and oxygen atoms in total. The average Bonchev–Trinajstić information content (AvgIpc) is 2.52. The van der Waals surface area contributed by atoms with Crippen LogP contribution in [0, 0.1) is 11.3 Å². The summed E-state index contributed by atoms with van der Waals surface area (Å²) in [5.41, 5.74) is 0.580. The molecule has 5 heteroatoms. The van der Waals surface area contributed by atoms with Crippen molar-refractivity contribution in [1.29, 1.82) is 5.26 Å². The number of carbonyl (C=O) groups excluding carboxylic acids is 1. The van der Waals surface area contributed by atoms with E-state index in [9.17, 15) is 4.79 Å². The molecule has 0 aliphatic carbocycles. The first-order chi connectivity index (χ1) is 10.1. The minimum atomic E-state index is -0.618. The van der Waals surface area contributed by atoms with E-state index < -0.39 is 5.97 Å². The number of hydrogen-bond acceptors (Lipinski definition) is 5. The summed E-state index contributed by atoms with van der Waals surface area (Å²) < 4.78 is 15.3. The van der Waals surface area contributed by atoms with Gasteiger partial charge in [0.1, 0.15) is 23.1 Å². The zero-order valence-electron chi connectivity index (χ0n) is 12.5. The molecule has 0 spiro atoms. The maximum atomic E-state index is 11.8. The molecule has 1 aromatic rings. The van der Waals surface area contributed by atoms with Crippen LogP contribution in [-0.2, 0) is 9.53 Å². The monoisotopic (exact) mass is 289 g/mol. The lowest BCUT2D eigenvalue weighted by Gasteiger charge is -2.06. The van der Waals surface area contributed by atoms with E-state index in [1.807, 2.05) is 13.0 Å². The van der Waals surface area contributed by atoms with Crippen molar-refractivity contribution in [3.63, 3.8) is 0 Å². The van der Waals surface area contributed by atoms with E-state index in [2.05, 4.69) is 0 Å². The standard InChI is InChI=1S/C16H19NO4/c1-4-5-6-21-16(18)13(11-17)7-12-8-14(19-2)10-15(9-12)20-3/h7-10H,4-6H2,1-3H3/b13-7+.